The Bertz CT molecular complexity index is 590. The van der Waals surface area contributed by atoms with Gasteiger partial charge < -0.3 is 14.5 Å². The summed E-state index contributed by atoms with van der Waals surface area (Å²) >= 11 is 0. The lowest BCUT2D eigenvalue weighted by molar-refractivity contribution is 0.0596. The molecule has 0 aliphatic heterocycles. The number of pyridine rings is 1. The molecule has 0 saturated carbocycles. The SMILES string of the molecule is CNCCCc1nc(C(=O)OC)c2c(C)cccn12. The van der Waals surface area contributed by atoms with Crippen LogP contribution in [0.3, 0.4) is 0 Å². The summed E-state index contributed by atoms with van der Waals surface area (Å²) in [4.78, 5) is 16.3. The number of hydrogen-bond donors (Lipinski definition) is 1. The van der Waals surface area contributed by atoms with E-state index < -0.39 is 0 Å². The number of rotatable bonds is 5. The van der Waals surface area contributed by atoms with Crippen LogP contribution in [-0.4, -0.2) is 36.1 Å². The first kappa shape index (κ1) is 13.5. The van der Waals surface area contributed by atoms with Crippen molar-refractivity contribution in [1.29, 1.82) is 0 Å². The van der Waals surface area contributed by atoms with Crippen LogP contribution < -0.4 is 5.32 Å². The maximum absolute atomic E-state index is 11.8. The minimum Gasteiger partial charge on any atom is -0.464 e. The molecule has 19 heavy (non-hydrogen) atoms. The summed E-state index contributed by atoms with van der Waals surface area (Å²) in [6, 6.07) is 3.94. The van der Waals surface area contributed by atoms with Gasteiger partial charge in [-0.2, -0.15) is 0 Å². The van der Waals surface area contributed by atoms with E-state index in [2.05, 4.69) is 10.3 Å². The highest BCUT2D eigenvalue weighted by Gasteiger charge is 2.18. The van der Waals surface area contributed by atoms with E-state index in [0.29, 0.717) is 5.69 Å². The lowest BCUT2D eigenvalue weighted by Gasteiger charge is -2.03. The summed E-state index contributed by atoms with van der Waals surface area (Å²) in [5, 5.41) is 3.11. The molecule has 0 saturated heterocycles. The number of carbonyl (C=O) groups is 1. The van der Waals surface area contributed by atoms with Crippen LogP contribution in [0.4, 0.5) is 0 Å². The second-order valence-corrected chi connectivity index (χ2v) is 4.49. The number of aryl methyl sites for hydroxylation is 2. The highest BCUT2D eigenvalue weighted by Crippen LogP contribution is 2.19. The third-order valence-electron chi connectivity index (χ3n) is 3.14. The van der Waals surface area contributed by atoms with Crippen LogP contribution in [0.2, 0.25) is 0 Å². The van der Waals surface area contributed by atoms with E-state index in [1.54, 1.807) is 0 Å². The van der Waals surface area contributed by atoms with Gasteiger partial charge in [-0.3, -0.25) is 0 Å². The van der Waals surface area contributed by atoms with E-state index in [4.69, 9.17) is 4.74 Å². The number of methoxy groups -OCH3 is 1. The van der Waals surface area contributed by atoms with Gasteiger partial charge in [0.25, 0.3) is 0 Å². The molecule has 1 N–H and O–H groups in total. The van der Waals surface area contributed by atoms with E-state index in [1.807, 2.05) is 36.7 Å². The molecular weight excluding hydrogens is 242 g/mol. The van der Waals surface area contributed by atoms with Crippen LogP contribution in [0.5, 0.6) is 0 Å². The topological polar surface area (TPSA) is 55.6 Å². The molecule has 0 aromatic carbocycles. The van der Waals surface area contributed by atoms with Crippen molar-refractivity contribution in [3.63, 3.8) is 0 Å². The second kappa shape index (κ2) is 5.84. The zero-order valence-electron chi connectivity index (χ0n) is 11.6. The molecule has 0 spiro atoms. The highest BCUT2D eigenvalue weighted by molar-refractivity contribution is 5.96. The molecule has 0 aliphatic carbocycles. The second-order valence-electron chi connectivity index (χ2n) is 4.49. The maximum Gasteiger partial charge on any atom is 0.358 e. The molecule has 5 nitrogen and oxygen atoms in total. The summed E-state index contributed by atoms with van der Waals surface area (Å²) < 4.78 is 6.79. The number of nitrogens with one attached hydrogen (secondary N) is 1. The fraction of sp³-hybridized carbons (Fsp3) is 0.429. The highest BCUT2D eigenvalue weighted by atomic mass is 16.5. The molecule has 0 atom stereocenters. The fourth-order valence-electron chi connectivity index (χ4n) is 2.21. The number of nitrogens with zero attached hydrogens (tertiary/aromatic N) is 2. The third-order valence-corrected chi connectivity index (χ3v) is 3.14. The molecule has 2 heterocycles. The Hall–Kier alpha value is -1.88. The van der Waals surface area contributed by atoms with Gasteiger partial charge in [-0.05, 0) is 38.6 Å². The molecule has 2 aromatic heterocycles. The molecule has 0 bridgehead atoms. The van der Waals surface area contributed by atoms with E-state index in [0.717, 1.165) is 36.3 Å². The van der Waals surface area contributed by atoms with Crippen LogP contribution in [0.1, 0.15) is 28.3 Å². The van der Waals surface area contributed by atoms with Crippen molar-refractivity contribution in [1.82, 2.24) is 14.7 Å². The first-order chi connectivity index (χ1) is 9.19. The Kier molecular flexibility index (Phi) is 4.16. The molecule has 102 valence electrons. The van der Waals surface area contributed by atoms with Gasteiger partial charge >= 0.3 is 5.97 Å². The van der Waals surface area contributed by atoms with Gasteiger partial charge in [0.05, 0.1) is 12.6 Å². The van der Waals surface area contributed by atoms with Crippen LogP contribution in [0, 0.1) is 6.92 Å². The van der Waals surface area contributed by atoms with Gasteiger partial charge in [0.2, 0.25) is 0 Å². The Balaban J connectivity index is 2.47. The quantitative estimate of drug-likeness (QED) is 0.656. The predicted molar refractivity (Wildman–Crippen MR) is 73.5 cm³/mol. The number of imidazole rings is 1. The molecule has 0 radical (unpaired) electrons. The molecular formula is C14H19N3O2. The van der Waals surface area contributed by atoms with Crippen LogP contribution >= 0.6 is 0 Å². The Morgan fingerprint density at radius 2 is 2.32 bits per heavy atom. The van der Waals surface area contributed by atoms with Gasteiger partial charge in [-0.15, -0.1) is 0 Å². The molecule has 5 heteroatoms. The minimum absolute atomic E-state index is 0.383. The molecule has 0 amide bonds. The van der Waals surface area contributed by atoms with Crippen molar-refractivity contribution in [2.45, 2.75) is 19.8 Å². The minimum atomic E-state index is -0.383. The van der Waals surface area contributed by atoms with Crippen LogP contribution in [-0.2, 0) is 11.2 Å². The predicted octanol–water partition coefficient (Wildman–Crippen LogP) is 1.58. The van der Waals surface area contributed by atoms with Crippen molar-refractivity contribution in [3.05, 3.63) is 35.4 Å². The molecule has 0 fully saturated rings. The molecule has 0 aliphatic rings. The van der Waals surface area contributed by atoms with Gasteiger partial charge in [-0.1, -0.05) is 6.07 Å². The average molecular weight is 261 g/mol. The lowest BCUT2D eigenvalue weighted by atomic mass is 10.2. The largest absolute Gasteiger partial charge is 0.464 e. The third kappa shape index (κ3) is 2.61. The molecule has 2 aromatic rings. The van der Waals surface area contributed by atoms with Crippen molar-refractivity contribution in [2.75, 3.05) is 20.7 Å². The number of hydrogen-bond acceptors (Lipinski definition) is 4. The van der Waals surface area contributed by atoms with Crippen LogP contribution in [0.15, 0.2) is 18.3 Å². The van der Waals surface area contributed by atoms with E-state index in [-0.39, 0.29) is 5.97 Å². The van der Waals surface area contributed by atoms with E-state index >= 15 is 0 Å². The summed E-state index contributed by atoms with van der Waals surface area (Å²) in [6.45, 7) is 2.90. The fourth-order valence-corrected chi connectivity index (χ4v) is 2.21. The Labute approximate surface area is 112 Å². The van der Waals surface area contributed by atoms with E-state index in [1.165, 1.54) is 7.11 Å². The van der Waals surface area contributed by atoms with Gasteiger partial charge in [-0.25, -0.2) is 9.78 Å². The summed E-state index contributed by atoms with van der Waals surface area (Å²) in [5.74, 6) is 0.515. The number of fused-ring (bicyclic) bond motifs is 1. The van der Waals surface area contributed by atoms with Crippen molar-refractivity contribution >= 4 is 11.5 Å². The number of esters is 1. The smallest absolute Gasteiger partial charge is 0.358 e. The van der Waals surface area contributed by atoms with Crippen molar-refractivity contribution in [3.8, 4) is 0 Å². The molecule has 2 rings (SSSR count). The summed E-state index contributed by atoms with van der Waals surface area (Å²) in [6.07, 6.45) is 3.74. The lowest BCUT2D eigenvalue weighted by Crippen LogP contribution is -2.09. The maximum atomic E-state index is 11.8. The Morgan fingerprint density at radius 3 is 3.00 bits per heavy atom. The van der Waals surface area contributed by atoms with Crippen molar-refractivity contribution in [2.24, 2.45) is 0 Å². The van der Waals surface area contributed by atoms with Crippen molar-refractivity contribution < 1.29 is 9.53 Å². The van der Waals surface area contributed by atoms with Gasteiger partial charge in [0, 0.05) is 12.6 Å². The zero-order valence-corrected chi connectivity index (χ0v) is 11.6. The first-order valence-corrected chi connectivity index (χ1v) is 6.38. The normalized spacial score (nSPS) is 10.9. The average Bonchev–Trinajstić information content (AvgIpc) is 2.79. The summed E-state index contributed by atoms with van der Waals surface area (Å²) in [7, 11) is 3.31. The monoisotopic (exact) mass is 261 g/mol. The Morgan fingerprint density at radius 1 is 1.53 bits per heavy atom. The number of carbonyl (C=O) groups excluding carboxylic acids is 1. The van der Waals surface area contributed by atoms with Crippen LogP contribution in [0.25, 0.3) is 5.52 Å². The van der Waals surface area contributed by atoms with Gasteiger partial charge in [0.1, 0.15) is 5.82 Å². The first-order valence-electron chi connectivity index (χ1n) is 6.38. The zero-order chi connectivity index (χ0) is 13.8. The number of ether oxygens (including phenoxy) is 1. The van der Waals surface area contributed by atoms with E-state index in [9.17, 15) is 4.79 Å². The van der Waals surface area contributed by atoms with Gasteiger partial charge in [0.15, 0.2) is 5.69 Å². The summed E-state index contributed by atoms with van der Waals surface area (Å²) in [5.41, 5.74) is 2.27. The molecule has 0 unspecified atom stereocenters. The standard InChI is InChI=1S/C14H19N3O2/c1-10-6-5-9-17-11(7-4-8-15-2)16-12(13(10)17)14(18)19-3/h5-6,9,15H,4,7-8H2,1-3H3. The number of aromatic nitrogens is 2.